The molecule has 8 nitrogen and oxygen atoms in total. The van der Waals surface area contributed by atoms with Crippen LogP contribution in [-0.2, 0) is 16.1 Å². The van der Waals surface area contributed by atoms with E-state index in [1.165, 1.54) is 12.0 Å². The Morgan fingerprint density at radius 2 is 1.45 bits per heavy atom. The van der Waals surface area contributed by atoms with Crippen LogP contribution in [0.15, 0.2) is 48.8 Å². The zero-order chi connectivity index (χ0) is 29.1. The fourth-order valence-corrected chi connectivity index (χ4v) is 2.64. The summed E-state index contributed by atoms with van der Waals surface area (Å²) < 4.78 is 69.4. The van der Waals surface area contributed by atoms with Crippen LogP contribution in [0.3, 0.4) is 0 Å². The van der Waals surface area contributed by atoms with Gasteiger partial charge in [0.05, 0.1) is 17.4 Å². The third-order valence-corrected chi connectivity index (χ3v) is 4.58. The summed E-state index contributed by atoms with van der Waals surface area (Å²) in [5.41, 5.74) is 3.23. The van der Waals surface area contributed by atoms with Crippen LogP contribution in [0, 0.1) is 5.92 Å². The number of imidazole rings is 1. The van der Waals surface area contributed by atoms with Gasteiger partial charge in [0.2, 0.25) is 0 Å². The zero-order valence-corrected chi connectivity index (χ0v) is 20.6. The van der Waals surface area contributed by atoms with Gasteiger partial charge >= 0.3 is 24.3 Å². The first-order chi connectivity index (χ1) is 17.5. The van der Waals surface area contributed by atoms with Gasteiger partial charge < -0.3 is 24.8 Å². The fraction of sp³-hybridized carbons (Fsp3) is 0.375. The normalized spacial score (nSPS) is 11.4. The van der Waals surface area contributed by atoms with Crippen molar-refractivity contribution in [2.75, 3.05) is 13.6 Å². The van der Waals surface area contributed by atoms with E-state index >= 15 is 0 Å². The van der Waals surface area contributed by atoms with E-state index in [9.17, 15) is 26.3 Å². The minimum atomic E-state index is -5.08. The molecule has 0 amide bonds. The monoisotopic (exact) mass is 551 g/mol. The van der Waals surface area contributed by atoms with Crippen LogP contribution in [0.5, 0.6) is 11.5 Å². The number of H-pyrrole nitrogens is 1. The van der Waals surface area contributed by atoms with Crippen molar-refractivity contribution < 1.29 is 50.9 Å². The molecule has 0 unspecified atom stereocenters. The number of carboxylic acids is 2. The Hall–Kier alpha value is -3.81. The molecule has 3 N–H and O–H groups in total. The number of benzene rings is 2. The van der Waals surface area contributed by atoms with Crippen LogP contribution in [0.4, 0.5) is 26.3 Å². The summed E-state index contributed by atoms with van der Waals surface area (Å²) in [6.45, 7) is 6.62. The van der Waals surface area contributed by atoms with Gasteiger partial charge in [-0.05, 0) is 55.8 Å². The Labute approximate surface area is 213 Å². The fourth-order valence-electron chi connectivity index (χ4n) is 2.64. The number of aromatic amines is 1. The summed E-state index contributed by atoms with van der Waals surface area (Å²) in [7, 11) is 2.17. The van der Waals surface area contributed by atoms with Crippen LogP contribution in [0.25, 0.3) is 11.0 Å². The number of nitrogens with zero attached hydrogens (tertiary/aromatic N) is 2. The third kappa shape index (κ3) is 12.4. The number of alkyl halides is 6. The number of hydrogen-bond acceptors (Lipinski definition) is 5. The molecule has 0 spiro atoms. The number of halogens is 6. The summed E-state index contributed by atoms with van der Waals surface area (Å²) in [5, 5.41) is 14.2. The molecule has 0 aliphatic rings. The van der Waals surface area contributed by atoms with Crippen molar-refractivity contribution in [3.8, 4) is 11.5 Å². The van der Waals surface area contributed by atoms with Crippen LogP contribution >= 0.6 is 0 Å². The number of nitrogens with one attached hydrogen (secondary N) is 1. The summed E-state index contributed by atoms with van der Waals surface area (Å²) in [4.78, 5) is 27.5. The van der Waals surface area contributed by atoms with Gasteiger partial charge in [-0.1, -0.05) is 26.0 Å². The van der Waals surface area contributed by atoms with Gasteiger partial charge in [0.15, 0.2) is 0 Å². The average Bonchev–Trinajstić information content (AvgIpc) is 3.26. The molecule has 1 aromatic heterocycles. The van der Waals surface area contributed by atoms with E-state index in [-0.39, 0.29) is 0 Å². The highest BCUT2D eigenvalue weighted by atomic mass is 19.4. The van der Waals surface area contributed by atoms with Crippen LogP contribution in [-0.4, -0.2) is 63.0 Å². The van der Waals surface area contributed by atoms with E-state index in [1.807, 2.05) is 30.3 Å². The van der Waals surface area contributed by atoms with E-state index in [1.54, 1.807) is 6.33 Å². The van der Waals surface area contributed by atoms with Crippen LogP contribution < -0.4 is 4.74 Å². The molecule has 3 rings (SSSR count). The van der Waals surface area contributed by atoms with Crippen molar-refractivity contribution in [3.63, 3.8) is 0 Å². The molecule has 0 atom stereocenters. The van der Waals surface area contributed by atoms with Crippen molar-refractivity contribution in [1.29, 1.82) is 0 Å². The summed E-state index contributed by atoms with van der Waals surface area (Å²) in [6.07, 6.45) is -7.24. The van der Waals surface area contributed by atoms with Gasteiger partial charge in [0, 0.05) is 12.6 Å². The minimum Gasteiger partial charge on any atom is -0.475 e. The molecule has 14 heteroatoms. The quantitative estimate of drug-likeness (QED) is 0.304. The van der Waals surface area contributed by atoms with Gasteiger partial charge in [-0.3, -0.25) is 0 Å². The second-order valence-electron chi connectivity index (χ2n) is 8.35. The molecule has 1 heterocycles. The molecule has 2 aromatic carbocycles. The second kappa shape index (κ2) is 14.2. The molecule has 0 bridgehead atoms. The van der Waals surface area contributed by atoms with Gasteiger partial charge in [0.25, 0.3) is 0 Å². The van der Waals surface area contributed by atoms with E-state index < -0.39 is 24.3 Å². The minimum absolute atomic E-state index is 0.745. The maximum atomic E-state index is 10.6. The molecule has 210 valence electrons. The molecule has 0 fully saturated rings. The zero-order valence-electron chi connectivity index (χ0n) is 20.6. The van der Waals surface area contributed by atoms with E-state index in [0.717, 1.165) is 41.5 Å². The number of rotatable bonds is 7. The number of carbonyl (C=O) groups is 2. The number of ether oxygens (including phenoxy) is 1. The molecular weight excluding hydrogens is 524 g/mol. The second-order valence-corrected chi connectivity index (χ2v) is 8.35. The number of hydrogen-bond donors (Lipinski definition) is 3. The molecule has 0 aliphatic heterocycles. The molecular formula is C24H27F6N3O5. The molecule has 0 saturated heterocycles. The first kappa shape index (κ1) is 32.2. The Bertz CT molecular complexity index is 1140. The van der Waals surface area contributed by atoms with Gasteiger partial charge in [0.1, 0.15) is 11.5 Å². The van der Waals surface area contributed by atoms with E-state index in [0.29, 0.717) is 0 Å². The van der Waals surface area contributed by atoms with Crippen LogP contribution in [0.1, 0.15) is 25.8 Å². The van der Waals surface area contributed by atoms with Crippen molar-refractivity contribution >= 4 is 23.0 Å². The van der Waals surface area contributed by atoms with Gasteiger partial charge in [-0.15, -0.1) is 0 Å². The first-order valence-corrected chi connectivity index (χ1v) is 11.0. The smallest absolute Gasteiger partial charge is 0.475 e. The van der Waals surface area contributed by atoms with Gasteiger partial charge in [-0.2, -0.15) is 26.3 Å². The molecule has 0 aliphatic carbocycles. The van der Waals surface area contributed by atoms with Gasteiger partial charge in [-0.25, -0.2) is 14.6 Å². The van der Waals surface area contributed by atoms with E-state index in [4.69, 9.17) is 24.5 Å². The summed E-state index contributed by atoms with van der Waals surface area (Å²) in [6, 6.07) is 14.2. The maximum Gasteiger partial charge on any atom is 0.490 e. The largest absolute Gasteiger partial charge is 0.490 e. The number of aromatic nitrogens is 2. The predicted molar refractivity (Wildman–Crippen MR) is 126 cm³/mol. The topological polar surface area (TPSA) is 116 Å². The molecule has 3 aromatic rings. The lowest BCUT2D eigenvalue weighted by atomic mass is 10.1. The molecule has 38 heavy (non-hydrogen) atoms. The summed E-state index contributed by atoms with van der Waals surface area (Å²) >= 11 is 0. The highest BCUT2D eigenvalue weighted by Crippen LogP contribution is 2.24. The van der Waals surface area contributed by atoms with Crippen molar-refractivity contribution in [2.45, 2.75) is 39.2 Å². The Balaban J connectivity index is 0.000000426. The average molecular weight is 551 g/mol. The van der Waals surface area contributed by atoms with E-state index in [2.05, 4.69) is 47.9 Å². The van der Waals surface area contributed by atoms with Crippen molar-refractivity contribution in [1.82, 2.24) is 14.9 Å². The SMILES string of the molecule is CC(C)CCN(C)Cc1ccc(Oc2ccc3[nH]cnc3c2)cc1.O=C(O)C(F)(F)F.O=C(O)C(F)(F)F. The third-order valence-electron chi connectivity index (χ3n) is 4.58. The first-order valence-electron chi connectivity index (χ1n) is 11.0. The van der Waals surface area contributed by atoms with Crippen molar-refractivity contribution in [3.05, 3.63) is 54.4 Å². The van der Waals surface area contributed by atoms with Crippen molar-refractivity contribution in [2.24, 2.45) is 5.92 Å². The Kier molecular flexibility index (Phi) is 12.1. The lowest BCUT2D eigenvalue weighted by molar-refractivity contribution is -0.193. The Morgan fingerprint density at radius 1 is 0.947 bits per heavy atom. The number of carboxylic acid groups (broad SMARTS) is 2. The maximum absolute atomic E-state index is 10.6. The molecule has 0 saturated carbocycles. The number of aliphatic carboxylic acids is 2. The summed E-state index contributed by atoms with van der Waals surface area (Å²) in [5.74, 6) is -3.12. The standard InChI is InChI=1S/C20H25N3O.2C2HF3O2/c1-15(2)10-11-23(3)13-16-4-6-17(7-5-16)24-18-8-9-19-20(12-18)22-14-21-19;2*3-2(4,5)1(6)7/h4-9,12,14-15H,10-11,13H2,1-3H3,(H,21,22);2*(H,6,7). The molecule has 0 radical (unpaired) electrons. The highest BCUT2D eigenvalue weighted by molar-refractivity contribution is 5.76. The Morgan fingerprint density at radius 3 is 1.92 bits per heavy atom. The lowest BCUT2D eigenvalue weighted by Crippen LogP contribution is -2.21. The predicted octanol–water partition coefficient (Wildman–Crippen LogP) is 6.10. The highest BCUT2D eigenvalue weighted by Gasteiger charge is 2.38. The van der Waals surface area contributed by atoms with Crippen LogP contribution in [0.2, 0.25) is 0 Å². The lowest BCUT2D eigenvalue weighted by Gasteiger charge is -2.18. The number of fused-ring (bicyclic) bond motifs is 1.